The summed E-state index contributed by atoms with van der Waals surface area (Å²) in [6.07, 6.45) is 9.20. The minimum atomic E-state index is 0.0116. The van der Waals surface area contributed by atoms with Crippen molar-refractivity contribution in [2.75, 3.05) is 0 Å². The van der Waals surface area contributed by atoms with Crippen LogP contribution in [0.15, 0.2) is 18.3 Å². The molecule has 1 fully saturated rings. The molecular formula is C17H23N3O. The molecular weight excluding hydrogens is 262 g/mol. The molecule has 0 radical (unpaired) electrons. The average molecular weight is 285 g/mol. The van der Waals surface area contributed by atoms with Gasteiger partial charge in [0.05, 0.1) is 5.69 Å². The molecule has 1 aliphatic rings. The molecule has 0 saturated heterocycles. The fraction of sp³-hybridized carbons (Fsp3) is 0.529. The van der Waals surface area contributed by atoms with Crippen molar-refractivity contribution in [1.82, 2.24) is 14.7 Å². The van der Waals surface area contributed by atoms with E-state index in [2.05, 4.69) is 10.3 Å². The normalized spacial score (nSPS) is 16.9. The number of carbonyl (C=O) groups excluding carboxylic acids is 1. The van der Waals surface area contributed by atoms with Gasteiger partial charge in [0, 0.05) is 12.2 Å². The molecule has 0 unspecified atom stereocenters. The smallest absolute Gasteiger partial charge is 0.270 e. The quantitative estimate of drug-likeness (QED) is 0.860. The highest BCUT2D eigenvalue weighted by Gasteiger charge is 2.20. The predicted molar refractivity (Wildman–Crippen MR) is 83.6 cm³/mol. The molecule has 0 bridgehead atoms. The van der Waals surface area contributed by atoms with Crippen LogP contribution in [0.5, 0.6) is 0 Å². The molecule has 1 saturated carbocycles. The molecule has 0 aliphatic heterocycles. The van der Waals surface area contributed by atoms with Crippen molar-refractivity contribution in [3.63, 3.8) is 0 Å². The summed E-state index contributed by atoms with van der Waals surface area (Å²) in [5.41, 5.74) is 3.44. The molecule has 0 atom stereocenters. The van der Waals surface area contributed by atoms with E-state index in [1.165, 1.54) is 25.7 Å². The molecule has 2 aromatic rings. The highest BCUT2D eigenvalue weighted by molar-refractivity contribution is 5.94. The lowest BCUT2D eigenvalue weighted by atomic mass is 10.1. The van der Waals surface area contributed by atoms with Crippen LogP contribution < -0.4 is 5.32 Å². The molecule has 112 valence electrons. The van der Waals surface area contributed by atoms with E-state index in [0.717, 1.165) is 29.7 Å². The van der Waals surface area contributed by atoms with Gasteiger partial charge in [0.1, 0.15) is 11.3 Å². The zero-order valence-corrected chi connectivity index (χ0v) is 12.9. The van der Waals surface area contributed by atoms with Crippen LogP contribution in [0, 0.1) is 13.8 Å². The number of amides is 1. The molecule has 3 rings (SSSR count). The third-order valence-corrected chi connectivity index (χ3v) is 4.35. The number of nitrogens with one attached hydrogen (secondary N) is 1. The van der Waals surface area contributed by atoms with Crippen LogP contribution in [0.1, 0.15) is 60.3 Å². The fourth-order valence-electron chi connectivity index (χ4n) is 3.22. The molecule has 2 heterocycles. The molecule has 4 heteroatoms. The van der Waals surface area contributed by atoms with Gasteiger partial charge in [-0.1, -0.05) is 31.7 Å². The predicted octanol–water partition coefficient (Wildman–Crippen LogP) is 3.40. The lowest BCUT2D eigenvalue weighted by Gasteiger charge is -2.16. The lowest BCUT2D eigenvalue weighted by Crippen LogP contribution is -2.35. The Labute approximate surface area is 125 Å². The summed E-state index contributed by atoms with van der Waals surface area (Å²) in [5.74, 6) is 0.0116. The molecule has 1 amide bonds. The second-order valence-electron chi connectivity index (χ2n) is 6.14. The molecule has 0 spiro atoms. The van der Waals surface area contributed by atoms with E-state index in [9.17, 15) is 4.79 Å². The number of hydrogen-bond acceptors (Lipinski definition) is 2. The fourth-order valence-corrected chi connectivity index (χ4v) is 3.22. The Kier molecular flexibility index (Phi) is 3.95. The summed E-state index contributed by atoms with van der Waals surface area (Å²) in [4.78, 5) is 17.1. The summed E-state index contributed by atoms with van der Waals surface area (Å²) < 4.78 is 1.91. The van der Waals surface area contributed by atoms with Gasteiger partial charge in [-0.15, -0.1) is 0 Å². The number of fused-ring (bicyclic) bond motifs is 1. The first-order chi connectivity index (χ1) is 10.1. The maximum atomic E-state index is 12.7. The van der Waals surface area contributed by atoms with Gasteiger partial charge in [0.15, 0.2) is 0 Å². The minimum Gasteiger partial charge on any atom is -0.348 e. The van der Waals surface area contributed by atoms with Gasteiger partial charge in [-0.25, -0.2) is 4.98 Å². The Hall–Kier alpha value is -1.84. The van der Waals surface area contributed by atoms with E-state index in [4.69, 9.17) is 0 Å². The molecule has 0 aromatic carbocycles. The first-order valence-corrected chi connectivity index (χ1v) is 7.91. The Morgan fingerprint density at radius 1 is 1.19 bits per heavy atom. The number of pyridine rings is 1. The van der Waals surface area contributed by atoms with Crippen LogP contribution in [0.3, 0.4) is 0 Å². The van der Waals surface area contributed by atoms with E-state index in [-0.39, 0.29) is 5.91 Å². The SMILES string of the molecule is Cc1ccc2nc(C)c(C(=O)NC3CCCCCC3)n2c1. The highest BCUT2D eigenvalue weighted by atomic mass is 16.2. The second-order valence-corrected chi connectivity index (χ2v) is 6.14. The first-order valence-electron chi connectivity index (χ1n) is 7.91. The summed E-state index contributed by atoms with van der Waals surface area (Å²) in [6.45, 7) is 3.94. The van der Waals surface area contributed by atoms with E-state index >= 15 is 0 Å². The Morgan fingerprint density at radius 3 is 2.62 bits per heavy atom. The summed E-state index contributed by atoms with van der Waals surface area (Å²) in [7, 11) is 0. The van der Waals surface area contributed by atoms with Gasteiger partial charge in [-0.3, -0.25) is 9.20 Å². The van der Waals surface area contributed by atoms with E-state index < -0.39 is 0 Å². The van der Waals surface area contributed by atoms with Gasteiger partial charge in [0.2, 0.25) is 0 Å². The van der Waals surface area contributed by atoms with Gasteiger partial charge in [0.25, 0.3) is 5.91 Å². The van der Waals surface area contributed by atoms with Crippen molar-refractivity contribution in [2.24, 2.45) is 0 Å². The Bertz CT molecular complexity index is 651. The molecule has 21 heavy (non-hydrogen) atoms. The van der Waals surface area contributed by atoms with Crippen LogP contribution in [-0.4, -0.2) is 21.3 Å². The maximum absolute atomic E-state index is 12.7. The van der Waals surface area contributed by atoms with Gasteiger partial charge < -0.3 is 5.32 Å². The highest BCUT2D eigenvalue weighted by Crippen LogP contribution is 2.19. The number of imidazole rings is 1. The zero-order valence-electron chi connectivity index (χ0n) is 12.9. The number of rotatable bonds is 2. The number of hydrogen-bond donors (Lipinski definition) is 1. The average Bonchev–Trinajstić information content (AvgIpc) is 2.62. The first kappa shape index (κ1) is 14.1. The van der Waals surface area contributed by atoms with E-state index in [1.807, 2.05) is 36.6 Å². The van der Waals surface area contributed by atoms with Crippen molar-refractivity contribution < 1.29 is 4.79 Å². The monoisotopic (exact) mass is 285 g/mol. The number of carbonyl (C=O) groups is 1. The lowest BCUT2D eigenvalue weighted by molar-refractivity contribution is 0.0926. The van der Waals surface area contributed by atoms with Crippen molar-refractivity contribution in [1.29, 1.82) is 0 Å². The molecule has 1 aliphatic carbocycles. The zero-order chi connectivity index (χ0) is 14.8. The van der Waals surface area contributed by atoms with Crippen LogP contribution in [-0.2, 0) is 0 Å². The summed E-state index contributed by atoms with van der Waals surface area (Å²) >= 11 is 0. The van der Waals surface area contributed by atoms with Gasteiger partial charge >= 0.3 is 0 Å². The molecule has 2 aromatic heterocycles. The largest absolute Gasteiger partial charge is 0.348 e. The van der Waals surface area contributed by atoms with Crippen LogP contribution in [0.25, 0.3) is 5.65 Å². The van der Waals surface area contributed by atoms with Crippen molar-refractivity contribution >= 4 is 11.6 Å². The van der Waals surface area contributed by atoms with Gasteiger partial charge in [-0.2, -0.15) is 0 Å². The third-order valence-electron chi connectivity index (χ3n) is 4.35. The summed E-state index contributed by atoms with van der Waals surface area (Å²) in [6, 6.07) is 4.30. The Balaban J connectivity index is 1.86. The van der Waals surface area contributed by atoms with Crippen LogP contribution in [0.4, 0.5) is 0 Å². The van der Waals surface area contributed by atoms with E-state index in [0.29, 0.717) is 11.7 Å². The number of aryl methyl sites for hydroxylation is 2. The van der Waals surface area contributed by atoms with Gasteiger partial charge in [-0.05, 0) is 38.3 Å². The standard InChI is InChI=1S/C17H23N3O/c1-12-9-10-15-18-13(2)16(20(15)11-12)17(21)19-14-7-5-3-4-6-8-14/h9-11,14H,3-8H2,1-2H3,(H,19,21). The molecule has 4 nitrogen and oxygen atoms in total. The van der Waals surface area contributed by atoms with Crippen molar-refractivity contribution in [2.45, 2.75) is 58.4 Å². The third kappa shape index (κ3) is 2.94. The second kappa shape index (κ2) is 5.88. The minimum absolute atomic E-state index is 0.0116. The maximum Gasteiger partial charge on any atom is 0.270 e. The van der Waals surface area contributed by atoms with Crippen molar-refractivity contribution in [3.8, 4) is 0 Å². The Morgan fingerprint density at radius 2 is 1.90 bits per heavy atom. The van der Waals surface area contributed by atoms with Crippen molar-refractivity contribution in [3.05, 3.63) is 35.3 Å². The van der Waals surface area contributed by atoms with Crippen LogP contribution in [0.2, 0.25) is 0 Å². The van der Waals surface area contributed by atoms with E-state index in [1.54, 1.807) is 0 Å². The molecule has 1 N–H and O–H groups in total. The number of nitrogens with zero attached hydrogens (tertiary/aromatic N) is 2. The number of aromatic nitrogens is 2. The topological polar surface area (TPSA) is 46.4 Å². The summed E-state index contributed by atoms with van der Waals surface area (Å²) in [5, 5.41) is 3.21. The van der Waals surface area contributed by atoms with Crippen LogP contribution >= 0.6 is 0 Å².